The summed E-state index contributed by atoms with van der Waals surface area (Å²) in [6.07, 6.45) is -3.90. The minimum Gasteiger partial charge on any atom is -0.394 e. The Hall–Kier alpha value is -1.35. The fourth-order valence-corrected chi connectivity index (χ4v) is 1.87. The first-order valence-corrected chi connectivity index (χ1v) is 5.19. The van der Waals surface area contributed by atoms with E-state index in [1.54, 1.807) is 0 Å². The molecule has 8 heteroatoms. The maximum absolute atomic E-state index is 9.82. The van der Waals surface area contributed by atoms with Crippen LogP contribution in [-0.4, -0.2) is 64.0 Å². The number of aliphatic hydroxyl groups excluding tert-OH is 3. The predicted octanol–water partition coefficient (Wildman–Crippen LogP) is -2.93. The van der Waals surface area contributed by atoms with Gasteiger partial charge >= 0.3 is 0 Å². The standard InChI is InChI=1S/C9H16N4O4/c1-4-12-9(10)11-3-13(4)8-7(16)6(15)5(2-14)17-8/h5-8,14-16H,1-3H2,(H3,10,11,12)/t5-,6+,7?,8-/m1/s1. The van der Waals surface area contributed by atoms with E-state index in [-0.39, 0.29) is 19.2 Å². The molecule has 0 spiro atoms. The number of nitrogens with two attached hydrogens (primary N) is 1. The summed E-state index contributed by atoms with van der Waals surface area (Å²) in [5.41, 5.74) is 5.46. The van der Waals surface area contributed by atoms with E-state index >= 15 is 0 Å². The second-order valence-electron chi connectivity index (χ2n) is 3.96. The number of ether oxygens (including phenoxy) is 1. The van der Waals surface area contributed by atoms with E-state index in [0.717, 1.165) is 0 Å². The van der Waals surface area contributed by atoms with Crippen molar-refractivity contribution < 1.29 is 20.1 Å². The van der Waals surface area contributed by atoms with Gasteiger partial charge in [-0.15, -0.1) is 0 Å². The molecule has 0 radical (unpaired) electrons. The average Bonchev–Trinajstić information content (AvgIpc) is 2.57. The van der Waals surface area contributed by atoms with Crippen molar-refractivity contribution in [2.45, 2.75) is 24.5 Å². The third-order valence-corrected chi connectivity index (χ3v) is 2.84. The van der Waals surface area contributed by atoms with Gasteiger partial charge in [0.2, 0.25) is 0 Å². The molecule has 4 atom stereocenters. The molecule has 2 aliphatic rings. The van der Waals surface area contributed by atoms with E-state index in [2.05, 4.69) is 16.9 Å². The highest BCUT2D eigenvalue weighted by molar-refractivity contribution is 5.80. The summed E-state index contributed by atoms with van der Waals surface area (Å²) in [5, 5.41) is 31.1. The van der Waals surface area contributed by atoms with Crippen LogP contribution in [0.25, 0.3) is 0 Å². The van der Waals surface area contributed by atoms with Crippen molar-refractivity contribution in [1.29, 1.82) is 0 Å². The Morgan fingerprint density at radius 1 is 1.53 bits per heavy atom. The Kier molecular flexibility index (Phi) is 3.20. The lowest BCUT2D eigenvalue weighted by atomic mass is 10.1. The van der Waals surface area contributed by atoms with E-state index in [4.69, 9.17) is 15.6 Å². The van der Waals surface area contributed by atoms with Gasteiger partial charge in [0, 0.05) is 0 Å². The van der Waals surface area contributed by atoms with Crippen molar-refractivity contribution in [3.05, 3.63) is 12.4 Å². The molecule has 2 rings (SSSR count). The zero-order valence-corrected chi connectivity index (χ0v) is 9.15. The van der Waals surface area contributed by atoms with Gasteiger partial charge in [0.25, 0.3) is 0 Å². The minimum absolute atomic E-state index is 0.171. The number of hydrogen-bond donors (Lipinski definition) is 5. The molecule has 17 heavy (non-hydrogen) atoms. The van der Waals surface area contributed by atoms with Crippen molar-refractivity contribution in [3.8, 4) is 0 Å². The van der Waals surface area contributed by atoms with Gasteiger partial charge in [0.05, 0.1) is 6.61 Å². The van der Waals surface area contributed by atoms with Crippen molar-refractivity contribution in [1.82, 2.24) is 10.2 Å². The Bertz CT molecular complexity index is 348. The zero-order valence-electron chi connectivity index (χ0n) is 9.15. The summed E-state index contributed by atoms with van der Waals surface area (Å²) < 4.78 is 5.35. The molecular weight excluding hydrogens is 228 g/mol. The van der Waals surface area contributed by atoms with Crippen molar-refractivity contribution in [3.63, 3.8) is 0 Å². The summed E-state index contributed by atoms with van der Waals surface area (Å²) in [6.45, 7) is 3.52. The summed E-state index contributed by atoms with van der Waals surface area (Å²) in [7, 11) is 0. The van der Waals surface area contributed by atoms with Crippen LogP contribution in [0.2, 0.25) is 0 Å². The lowest BCUT2D eigenvalue weighted by Crippen LogP contribution is -2.51. The molecule has 2 aliphatic heterocycles. The van der Waals surface area contributed by atoms with Crippen LogP contribution in [0.15, 0.2) is 17.4 Å². The normalized spacial score (nSPS) is 37.9. The smallest absolute Gasteiger partial charge is 0.196 e. The number of nitrogens with zero attached hydrogens (tertiary/aromatic N) is 2. The molecular formula is C9H16N4O4. The Morgan fingerprint density at radius 3 is 2.76 bits per heavy atom. The molecule has 2 heterocycles. The Labute approximate surface area is 98.0 Å². The molecule has 0 amide bonds. The number of rotatable bonds is 2. The lowest BCUT2D eigenvalue weighted by Gasteiger charge is -2.34. The van der Waals surface area contributed by atoms with Crippen LogP contribution < -0.4 is 11.1 Å². The maximum atomic E-state index is 9.82. The van der Waals surface area contributed by atoms with Crippen LogP contribution >= 0.6 is 0 Å². The van der Waals surface area contributed by atoms with Gasteiger partial charge in [0.15, 0.2) is 12.2 Å². The fourth-order valence-electron chi connectivity index (χ4n) is 1.87. The van der Waals surface area contributed by atoms with Crippen LogP contribution in [0.1, 0.15) is 0 Å². The second kappa shape index (κ2) is 4.49. The first-order valence-electron chi connectivity index (χ1n) is 5.19. The van der Waals surface area contributed by atoms with Gasteiger partial charge in [-0.3, -0.25) is 0 Å². The third-order valence-electron chi connectivity index (χ3n) is 2.84. The van der Waals surface area contributed by atoms with Crippen LogP contribution in [0.3, 0.4) is 0 Å². The highest BCUT2D eigenvalue weighted by Crippen LogP contribution is 2.26. The highest BCUT2D eigenvalue weighted by atomic mass is 16.6. The number of aliphatic hydroxyl groups is 3. The summed E-state index contributed by atoms with van der Waals surface area (Å²) >= 11 is 0. The molecule has 96 valence electrons. The molecule has 1 saturated heterocycles. The topological polar surface area (TPSA) is 124 Å². The van der Waals surface area contributed by atoms with Crippen LogP contribution in [0.4, 0.5) is 0 Å². The van der Waals surface area contributed by atoms with E-state index in [1.165, 1.54) is 4.90 Å². The predicted molar refractivity (Wildman–Crippen MR) is 58.4 cm³/mol. The van der Waals surface area contributed by atoms with Gasteiger partial charge in [-0.25, -0.2) is 4.99 Å². The number of hydrogen-bond acceptors (Lipinski definition) is 8. The van der Waals surface area contributed by atoms with Gasteiger partial charge in [0.1, 0.15) is 30.8 Å². The van der Waals surface area contributed by atoms with Crippen molar-refractivity contribution >= 4 is 5.96 Å². The Balaban J connectivity index is 2.11. The molecule has 0 aliphatic carbocycles. The van der Waals surface area contributed by atoms with E-state index < -0.39 is 24.5 Å². The van der Waals surface area contributed by atoms with Crippen molar-refractivity contribution in [2.75, 3.05) is 13.3 Å². The molecule has 0 aromatic rings. The number of aliphatic imine (C=N–C) groups is 1. The van der Waals surface area contributed by atoms with Crippen molar-refractivity contribution in [2.24, 2.45) is 10.7 Å². The summed E-state index contributed by atoms with van der Waals surface area (Å²) in [4.78, 5) is 5.46. The quantitative estimate of drug-likeness (QED) is 0.352. The highest BCUT2D eigenvalue weighted by Gasteiger charge is 2.46. The molecule has 6 N–H and O–H groups in total. The largest absolute Gasteiger partial charge is 0.394 e. The number of nitrogens with one attached hydrogen (secondary N) is 1. The monoisotopic (exact) mass is 244 g/mol. The molecule has 8 nitrogen and oxygen atoms in total. The lowest BCUT2D eigenvalue weighted by molar-refractivity contribution is -0.0859. The fraction of sp³-hybridized carbons (Fsp3) is 0.667. The van der Waals surface area contributed by atoms with Gasteiger partial charge in [-0.1, -0.05) is 6.58 Å². The first kappa shape index (κ1) is 12.1. The third kappa shape index (κ3) is 2.07. The number of guanidine groups is 1. The van der Waals surface area contributed by atoms with E-state index in [1.807, 2.05) is 0 Å². The molecule has 0 saturated carbocycles. The zero-order chi connectivity index (χ0) is 12.6. The van der Waals surface area contributed by atoms with E-state index in [0.29, 0.717) is 5.82 Å². The second-order valence-corrected chi connectivity index (χ2v) is 3.96. The SMILES string of the molecule is C=C1NC(N)=NCN1[C@@H]1O[C@H](CO)[C@H](O)C1O. The first-order chi connectivity index (χ1) is 8.04. The summed E-state index contributed by atoms with van der Waals surface area (Å²) in [6, 6.07) is 0. The molecule has 0 bridgehead atoms. The Morgan fingerprint density at radius 2 is 2.24 bits per heavy atom. The van der Waals surface area contributed by atoms with Crippen LogP contribution in [0.5, 0.6) is 0 Å². The van der Waals surface area contributed by atoms with E-state index in [9.17, 15) is 10.2 Å². The van der Waals surface area contributed by atoms with Gasteiger partial charge in [-0.2, -0.15) is 0 Å². The molecule has 1 fully saturated rings. The minimum atomic E-state index is -1.14. The maximum Gasteiger partial charge on any atom is 0.196 e. The van der Waals surface area contributed by atoms with Crippen LogP contribution in [0, 0.1) is 0 Å². The molecule has 0 aromatic heterocycles. The molecule has 0 aromatic carbocycles. The van der Waals surface area contributed by atoms with Gasteiger partial charge < -0.3 is 36.0 Å². The average molecular weight is 244 g/mol. The molecule has 1 unspecified atom stereocenters. The van der Waals surface area contributed by atoms with Crippen LogP contribution in [-0.2, 0) is 4.74 Å². The summed E-state index contributed by atoms with van der Waals surface area (Å²) in [5.74, 6) is 0.658. The van der Waals surface area contributed by atoms with Gasteiger partial charge in [-0.05, 0) is 0 Å².